The first-order chi connectivity index (χ1) is 15.4. The number of nitrogens with zero attached hydrogens (tertiary/aromatic N) is 2. The van der Waals surface area contributed by atoms with Crippen LogP contribution in [0.4, 0.5) is 0 Å². The maximum Gasteiger partial charge on any atom is 0.354 e. The van der Waals surface area contributed by atoms with Crippen LogP contribution < -0.4 is 4.74 Å². The van der Waals surface area contributed by atoms with Gasteiger partial charge in [0, 0.05) is 11.3 Å². The molecule has 0 aliphatic rings. The zero-order valence-corrected chi connectivity index (χ0v) is 18.1. The van der Waals surface area contributed by atoms with Crippen LogP contribution in [0.2, 0.25) is 0 Å². The van der Waals surface area contributed by atoms with Gasteiger partial charge < -0.3 is 19.5 Å². The summed E-state index contributed by atoms with van der Waals surface area (Å²) < 4.78 is 11.3. The molecule has 4 aromatic rings. The Hall–Kier alpha value is -3.71. The van der Waals surface area contributed by atoms with Crippen molar-refractivity contribution in [2.45, 2.75) is 39.9 Å². The van der Waals surface area contributed by atoms with Gasteiger partial charge in [-0.3, -0.25) is 0 Å². The largest absolute Gasteiger partial charge is 0.489 e. The lowest BCUT2D eigenvalue weighted by molar-refractivity contribution is 0.0690. The van der Waals surface area contributed by atoms with E-state index in [1.165, 1.54) is 0 Å². The standard InChI is InChI=1S/C25H24N2O5/c1-14(2)24-20(22(12-28)27-32-24)13-31-19-7-4-16(5-8-19)17-6-9-21-18(11-17)10-15(3)23(26-21)25(29)30/h4-11,14,28H,12-13H2,1-3H3,(H,29,30). The molecule has 0 bridgehead atoms. The van der Waals surface area contributed by atoms with Crippen LogP contribution in [0.5, 0.6) is 5.75 Å². The van der Waals surface area contributed by atoms with Crippen molar-refractivity contribution in [1.29, 1.82) is 0 Å². The highest BCUT2D eigenvalue weighted by Crippen LogP contribution is 2.28. The van der Waals surface area contributed by atoms with E-state index < -0.39 is 5.97 Å². The summed E-state index contributed by atoms with van der Waals surface area (Å²) in [5, 5.41) is 23.6. The van der Waals surface area contributed by atoms with Gasteiger partial charge in [-0.05, 0) is 53.9 Å². The van der Waals surface area contributed by atoms with Crippen molar-refractivity contribution in [2.24, 2.45) is 0 Å². The Bertz CT molecular complexity index is 1280. The topological polar surface area (TPSA) is 106 Å². The predicted molar refractivity (Wildman–Crippen MR) is 120 cm³/mol. The van der Waals surface area contributed by atoms with Gasteiger partial charge >= 0.3 is 5.97 Å². The van der Waals surface area contributed by atoms with Crippen molar-refractivity contribution in [3.8, 4) is 16.9 Å². The first-order valence-electron chi connectivity index (χ1n) is 10.3. The van der Waals surface area contributed by atoms with Gasteiger partial charge in [0.1, 0.15) is 23.8 Å². The summed E-state index contributed by atoms with van der Waals surface area (Å²) in [6, 6.07) is 15.3. The summed E-state index contributed by atoms with van der Waals surface area (Å²) in [5.74, 6) is 0.526. The van der Waals surface area contributed by atoms with Gasteiger partial charge in [-0.25, -0.2) is 9.78 Å². The molecule has 2 N–H and O–H groups in total. The number of ether oxygens (including phenoxy) is 1. The Labute approximate surface area is 185 Å². The van der Waals surface area contributed by atoms with Crippen LogP contribution in [-0.2, 0) is 13.2 Å². The van der Waals surface area contributed by atoms with Crippen LogP contribution in [0, 0.1) is 6.92 Å². The van der Waals surface area contributed by atoms with E-state index in [0.29, 0.717) is 22.5 Å². The van der Waals surface area contributed by atoms with Crippen molar-refractivity contribution in [3.63, 3.8) is 0 Å². The minimum atomic E-state index is -1.03. The third kappa shape index (κ3) is 4.20. The molecular weight excluding hydrogens is 408 g/mol. The maximum absolute atomic E-state index is 11.3. The Morgan fingerprint density at radius 2 is 1.81 bits per heavy atom. The molecule has 0 unspecified atom stereocenters. The fraction of sp³-hybridized carbons (Fsp3) is 0.240. The molecule has 0 spiro atoms. The molecule has 7 heteroatoms. The zero-order chi connectivity index (χ0) is 22.8. The molecule has 164 valence electrons. The molecule has 0 aliphatic heterocycles. The first kappa shape index (κ1) is 21.5. The minimum Gasteiger partial charge on any atom is -0.489 e. The molecule has 0 atom stereocenters. The van der Waals surface area contributed by atoms with E-state index in [1.54, 1.807) is 6.92 Å². The number of carbonyl (C=O) groups is 1. The normalized spacial score (nSPS) is 11.3. The van der Waals surface area contributed by atoms with E-state index in [2.05, 4.69) is 10.1 Å². The number of aliphatic hydroxyl groups excluding tert-OH is 1. The molecular formula is C25H24N2O5. The number of fused-ring (bicyclic) bond motifs is 1. The average molecular weight is 432 g/mol. The van der Waals surface area contributed by atoms with Gasteiger partial charge in [0.05, 0.1) is 17.7 Å². The highest BCUT2D eigenvalue weighted by atomic mass is 16.5. The summed E-state index contributed by atoms with van der Waals surface area (Å²) in [5.41, 5.74) is 4.62. The number of rotatable bonds is 7. The van der Waals surface area contributed by atoms with E-state index in [9.17, 15) is 15.0 Å². The van der Waals surface area contributed by atoms with Crippen LogP contribution in [0.1, 0.15) is 52.8 Å². The predicted octanol–water partition coefficient (Wildman–Crippen LogP) is 5.09. The molecule has 2 aromatic heterocycles. The summed E-state index contributed by atoms with van der Waals surface area (Å²) in [6.07, 6.45) is 0. The van der Waals surface area contributed by atoms with Crippen LogP contribution >= 0.6 is 0 Å². The van der Waals surface area contributed by atoms with E-state index in [1.807, 2.05) is 62.4 Å². The second-order valence-corrected chi connectivity index (χ2v) is 7.96. The number of carboxylic acids is 1. The van der Waals surface area contributed by atoms with Gasteiger partial charge in [-0.1, -0.05) is 37.2 Å². The van der Waals surface area contributed by atoms with Gasteiger partial charge in [0.25, 0.3) is 0 Å². The van der Waals surface area contributed by atoms with Crippen LogP contribution in [0.3, 0.4) is 0 Å². The Kier molecular flexibility index (Phi) is 5.92. The molecule has 0 fully saturated rings. The zero-order valence-electron chi connectivity index (χ0n) is 18.1. The van der Waals surface area contributed by atoms with E-state index in [-0.39, 0.29) is 24.8 Å². The summed E-state index contributed by atoms with van der Waals surface area (Å²) in [7, 11) is 0. The number of hydrogen-bond donors (Lipinski definition) is 2. The molecule has 0 aliphatic carbocycles. The quantitative estimate of drug-likeness (QED) is 0.419. The molecule has 0 radical (unpaired) electrons. The van der Waals surface area contributed by atoms with Crippen molar-refractivity contribution >= 4 is 16.9 Å². The van der Waals surface area contributed by atoms with Crippen LogP contribution in [0.15, 0.2) is 53.1 Å². The third-order valence-corrected chi connectivity index (χ3v) is 5.35. The molecule has 2 aromatic carbocycles. The Balaban J connectivity index is 1.54. The summed E-state index contributed by atoms with van der Waals surface area (Å²) in [6.45, 7) is 5.82. The molecule has 0 saturated heterocycles. The SMILES string of the molecule is Cc1cc2cc(-c3ccc(OCc4c(CO)noc4C(C)C)cc3)ccc2nc1C(=O)O. The highest BCUT2D eigenvalue weighted by Gasteiger charge is 2.18. The molecule has 0 amide bonds. The van der Waals surface area contributed by atoms with E-state index in [4.69, 9.17) is 9.26 Å². The molecule has 2 heterocycles. The van der Waals surface area contributed by atoms with Crippen LogP contribution in [-0.4, -0.2) is 26.3 Å². The van der Waals surface area contributed by atoms with Gasteiger partial charge in [0.2, 0.25) is 0 Å². The monoisotopic (exact) mass is 432 g/mol. The van der Waals surface area contributed by atoms with Gasteiger partial charge in [-0.2, -0.15) is 0 Å². The van der Waals surface area contributed by atoms with Crippen molar-refractivity contribution < 1.29 is 24.3 Å². The molecule has 4 rings (SSSR count). The van der Waals surface area contributed by atoms with Crippen molar-refractivity contribution in [2.75, 3.05) is 0 Å². The lowest BCUT2D eigenvalue weighted by Crippen LogP contribution is -2.03. The number of aliphatic hydroxyl groups is 1. The Morgan fingerprint density at radius 3 is 2.47 bits per heavy atom. The maximum atomic E-state index is 11.3. The minimum absolute atomic E-state index is 0.0737. The van der Waals surface area contributed by atoms with Crippen molar-refractivity contribution in [1.82, 2.24) is 10.1 Å². The second-order valence-electron chi connectivity index (χ2n) is 7.96. The average Bonchev–Trinajstić information content (AvgIpc) is 3.20. The van der Waals surface area contributed by atoms with E-state index >= 15 is 0 Å². The lowest BCUT2D eigenvalue weighted by Gasteiger charge is -2.10. The first-order valence-corrected chi connectivity index (χ1v) is 10.3. The van der Waals surface area contributed by atoms with Crippen LogP contribution in [0.25, 0.3) is 22.0 Å². The number of carboxylic acid groups (broad SMARTS) is 1. The fourth-order valence-electron chi connectivity index (χ4n) is 3.67. The number of benzene rings is 2. The molecule has 32 heavy (non-hydrogen) atoms. The van der Waals surface area contributed by atoms with Crippen molar-refractivity contribution in [3.05, 3.63) is 76.8 Å². The number of aromatic carboxylic acids is 1. The summed E-state index contributed by atoms with van der Waals surface area (Å²) in [4.78, 5) is 15.6. The Morgan fingerprint density at radius 1 is 1.09 bits per heavy atom. The highest BCUT2D eigenvalue weighted by molar-refractivity contribution is 5.93. The third-order valence-electron chi connectivity index (χ3n) is 5.35. The van der Waals surface area contributed by atoms with E-state index in [0.717, 1.165) is 27.8 Å². The van der Waals surface area contributed by atoms with Gasteiger partial charge in [0.15, 0.2) is 5.69 Å². The number of hydrogen-bond acceptors (Lipinski definition) is 6. The number of aryl methyl sites for hydroxylation is 1. The smallest absolute Gasteiger partial charge is 0.354 e. The second kappa shape index (κ2) is 8.80. The number of aromatic nitrogens is 2. The number of pyridine rings is 1. The summed E-state index contributed by atoms with van der Waals surface area (Å²) >= 11 is 0. The molecule has 7 nitrogen and oxygen atoms in total. The lowest BCUT2D eigenvalue weighted by atomic mass is 10.0. The van der Waals surface area contributed by atoms with Gasteiger partial charge in [-0.15, -0.1) is 0 Å². The molecule has 0 saturated carbocycles. The fourth-order valence-corrected chi connectivity index (χ4v) is 3.67.